The van der Waals surface area contributed by atoms with E-state index >= 15 is 0 Å². The van der Waals surface area contributed by atoms with Crippen LogP contribution in [0.1, 0.15) is 52.7 Å². The maximum Gasteiger partial charge on any atom is 0.173 e. The van der Waals surface area contributed by atoms with Crippen molar-refractivity contribution in [1.29, 1.82) is 0 Å². The van der Waals surface area contributed by atoms with Crippen molar-refractivity contribution in [2.75, 3.05) is 0 Å². The van der Waals surface area contributed by atoms with Gasteiger partial charge in [0, 0.05) is 11.1 Å². The first-order valence-corrected chi connectivity index (χ1v) is 6.37. The van der Waals surface area contributed by atoms with Crippen molar-refractivity contribution in [2.45, 2.75) is 52.4 Å². The normalized spacial score (nSPS) is 13.0. The van der Waals surface area contributed by atoms with Crippen molar-refractivity contribution in [1.82, 2.24) is 0 Å². The predicted octanol–water partition coefficient (Wildman–Crippen LogP) is 5.13. The van der Waals surface area contributed by atoms with Crippen LogP contribution in [0.15, 0.2) is 33.5 Å². The molecule has 2 rings (SSSR count). The van der Waals surface area contributed by atoms with Gasteiger partial charge in [-0.05, 0) is 23.0 Å². The van der Waals surface area contributed by atoms with E-state index in [1.807, 2.05) is 18.4 Å². The van der Waals surface area contributed by atoms with Gasteiger partial charge < -0.3 is 8.83 Å². The van der Waals surface area contributed by atoms with Crippen molar-refractivity contribution in [3.8, 4) is 11.5 Å². The summed E-state index contributed by atoms with van der Waals surface area (Å²) >= 11 is 0. The van der Waals surface area contributed by atoms with Gasteiger partial charge in [-0.3, -0.25) is 0 Å². The zero-order valence-electron chi connectivity index (χ0n) is 12.1. The van der Waals surface area contributed by atoms with E-state index in [-0.39, 0.29) is 10.8 Å². The molecule has 2 aromatic heterocycles. The molecule has 0 radical (unpaired) electrons. The quantitative estimate of drug-likeness (QED) is 0.696. The minimum Gasteiger partial charge on any atom is -0.461 e. The summed E-state index contributed by atoms with van der Waals surface area (Å²) in [6.45, 7) is 13.2. The molecule has 0 amide bonds. The van der Waals surface area contributed by atoms with Crippen LogP contribution in [0.5, 0.6) is 0 Å². The zero-order chi connectivity index (χ0) is 13.6. The first-order valence-electron chi connectivity index (χ1n) is 6.37. The highest BCUT2D eigenvalue weighted by molar-refractivity contribution is 5.60. The molecule has 0 unspecified atom stereocenters. The van der Waals surface area contributed by atoms with Crippen LogP contribution < -0.4 is 0 Å². The summed E-state index contributed by atoms with van der Waals surface area (Å²) in [4.78, 5) is 0. The van der Waals surface area contributed by atoms with Crippen LogP contribution in [0.25, 0.3) is 11.5 Å². The minimum atomic E-state index is 0.0255. The van der Waals surface area contributed by atoms with Gasteiger partial charge in [0.1, 0.15) is 0 Å². The minimum absolute atomic E-state index is 0.0255. The molecule has 2 aromatic rings. The van der Waals surface area contributed by atoms with Crippen LogP contribution >= 0.6 is 0 Å². The average molecular weight is 246 g/mol. The number of furan rings is 2. The molecule has 0 saturated carbocycles. The maximum absolute atomic E-state index is 5.80. The molecule has 0 N–H and O–H groups in total. The van der Waals surface area contributed by atoms with Crippen LogP contribution in [0, 0.1) is 0 Å². The second-order valence-corrected chi connectivity index (χ2v) is 6.83. The standard InChI is InChI=1S/C16H22O2/c1-15(2,3)11-10-18-14(12-8-7-9-17-12)13(11)16(4,5)6/h7-10H,1-6H3. The molecule has 2 heteroatoms. The fraction of sp³-hybridized carbons (Fsp3) is 0.500. The highest BCUT2D eigenvalue weighted by Crippen LogP contribution is 2.41. The van der Waals surface area contributed by atoms with Crippen molar-refractivity contribution in [2.24, 2.45) is 0 Å². The van der Waals surface area contributed by atoms with E-state index in [4.69, 9.17) is 8.83 Å². The fourth-order valence-electron chi connectivity index (χ4n) is 2.24. The van der Waals surface area contributed by atoms with Crippen LogP contribution in [-0.2, 0) is 10.8 Å². The molecule has 2 heterocycles. The Morgan fingerprint density at radius 3 is 2.00 bits per heavy atom. The Morgan fingerprint density at radius 1 is 0.889 bits per heavy atom. The molecule has 0 spiro atoms. The Balaban J connectivity index is 2.67. The van der Waals surface area contributed by atoms with Crippen molar-refractivity contribution in [3.05, 3.63) is 35.8 Å². The van der Waals surface area contributed by atoms with E-state index in [1.54, 1.807) is 6.26 Å². The molecular formula is C16H22O2. The molecule has 0 aromatic carbocycles. The van der Waals surface area contributed by atoms with Crippen molar-refractivity contribution >= 4 is 0 Å². The van der Waals surface area contributed by atoms with Gasteiger partial charge >= 0.3 is 0 Å². The van der Waals surface area contributed by atoms with E-state index in [9.17, 15) is 0 Å². The first-order chi connectivity index (χ1) is 8.21. The summed E-state index contributed by atoms with van der Waals surface area (Å²) in [5.74, 6) is 1.66. The Hall–Kier alpha value is -1.44. The van der Waals surface area contributed by atoms with Gasteiger partial charge in [-0.1, -0.05) is 41.5 Å². The molecule has 98 valence electrons. The van der Waals surface area contributed by atoms with Crippen molar-refractivity contribution < 1.29 is 8.83 Å². The topological polar surface area (TPSA) is 26.3 Å². The van der Waals surface area contributed by atoms with Crippen molar-refractivity contribution in [3.63, 3.8) is 0 Å². The van der Waals surface area contributed by atoms with Crippen LogP contribution in [-0.4, -0.2) is 0 Å². The molecular weight excluding hydrogens is 224 g/mol. The second-order valence-electron chi connectivity index (χ2n) is 6.83. The lowest BCUT2D eigenvalue weighted by atomic mass is 9.76. The zero-order valence-corrected chi connectivity index (χ0v) is 12.1. The summed E-state index contributed by atoms with van der Waals surface area (Å²) in [6.07, 6.45) is 3.56. The highest BCUT2D eigenvalue weighted by Gasteiger charge is 2.32. The molecule has 0 saturated heterocycles. The van der Waals surface area contributed by atoms with Gasteiger partial charge in [-0.2, -0.15) is 0 Å². The van der Waals surface area contributed by atoms with E-state index in [1.165, 1.54) is 11.1 Å². The van der Waals surface area contributed by atoms with E-state index in [2.05, 4.69) is 41.5 Å². The summed E-state index contributed by atoms with van der Waals surface area (Å²) in [5.41, 5.74) is 2.58. The van der Waals surface area contributed by atoms with Gasteiger partial charge in [-0.25, -0.2) is 0 Å². The molecule has 2 nitrogen and oxygen atoms in total. The smallest absolute Gasteiger partial charge is 0.173 e. The Kier molecular flexibility index (Phi) is 2.92. The predicted molar refractivity (Wildman–Crippen MR) is 73.8 cm³/mol. The van der Waals surface area contributed by atoms with E-state index in [0.717, 1.165) is 11.5 Å². The Labute approximate surface area is 109 Å². The third-order valence-corrected chi connectivity index (χ3v) is 3.09. The number of rotatable bonds is 1. The molecule has 0 atom stereocenters. The summed E-state index contributed by atoms with van der Waals surface area (Å²) in [7, 11) is 0. The van der Waals surface area contributed by atoms with Gasteiger partial charge in [0.15, 0.2) is 11.5 Å². The molecule has 0 aliphatic carbocycles. The summed E-state index contributed by atoms with van der Waals surface area (Å²) in [6, 6.07) is 3.83. The second kappa shape index (κ2) is 4.04. The lowest BCUT2D eigenvalue weighted by molar-refractivity contribution is 0.508. The third-order valence-electron chi connectivity index (χ3n) is 3.09. The first kappa shape index (κ1) is 13.0. The van der Waals surface area contributed by atoms with Gasteiger partial charge in [0.25, 0.3) is 0 Å². The Morgan fingerprint density at radius 2 is 1.56 bits per heavy atom. The van der Waals surface area contributed by atoms with Crippen LogP contribution in [0.3, 0.4) is 0 Å². The molecule has 18 heavy (non-hydrogen) atoms. The molecule has 0 fully saturated rings. The largest absolute Gasteiger partial charge is 0.461 e. The SMILES string of the molecule is CC(C)(C)c1coc(-c2ccco2)c1C(C)(C)C. The van der Waals surface area contributed by atoms with Crippen LogP contribution in [0.4, 0.5) is 0 Å². The van der Waals surface area contributed by atoms with E-state index in [0.29, 0.717) is 0 Å². The number of hydrogen-bond acceptors (Lipinski definition) is 2. The number of hydrogen-bond donors (Lipinski definition) is 0. The average Bonchev–Trinajstić information content (AvgIpc) is 2.83. The lowest BCUT2D eigenvalue weighted by Crippen LogP contribution is -2.20. The lowest BCUT2D eigenvalue weighted by Gasteiger charge is -2.26. The van der Waals surface area contributed by atoms with Gasteiger partial charge in [-0.15, -0.1) is 0 Å². The monoisotopic (exact) mass is 246 g/mol. The summed E-state index contributed by atoms with van der Waals surface area (Å²) in [5, 5.41) is 0. The molecule has 0 aliphatic heterocycles. The van der Waals surface area contributed by atoms with E-state index < -0.39 is 0 Å². The third kappa shape index (κ3) is 2.24. The Bertz CT molecular complexity index is 516. The molecule has 0 aliphatic rings. The summed E-state index contributed by atoms with van der Waals surface area (Å²) < 4.78 is 11.3. The van der Waals surface area contributed by atoms with Gasteiger partial charge in [0.2, 0.25) is 0 Å². The molecule has 0 bridgehead atoms. The van der Waals surface area contributed by atoms with Gasteiger partial charge in [0.05, 0.1) is 12.5 Å². The fourth-order valence-corrected chi connectivity index (χ4v) is 2.24. The van der Waals surface area contributed by atoms with Crippen LogP contribution in [0.2, 0.25) is 0 Å². The maximum atomic E-state index is 5.80. The highest BCUT2D eigenvalue weighted by atomic mass is 16.4.